The Morgan fingerprint density at radius 1 is 1.07 bits per heavy atom. The highest BCUT2D eigenvalue weighted by molar-refractivity contribution is 6.30. The van der Waals surface area contributed by atoms with Crippen LogP contribution in [0.5, 0.6) is 0 Å². The first kappa shape index (κ1) is 20.8. The molecule has 9 heteroatoms. The number of benzene rings is 2. The van der Waals surface area contributed by atoms with E-state index >= 15 is 0 Å². The van der Waals surface area contributed by atoms with E-state index in [9.17, 15) is 19.7 Å². The van der Waals surface area contributed by atoms with E-state index in [1.807, 2.05) is 0 Å². The SMILES string of the molecule is O=C(CCN1CCN(C(=O)c2cccc(Cl)c2)CC1)Nc1ccc([N+](=O)[O-])cc1. The minimum atomic E-state index is -0.484. The molecule has 1 heterocycles. The van der Waals surface area contributed by atoms with Gasteiger partial charge < -0.3 is 10.2 Å². The molecule has 0 bridgehead atoms. The summed E-state index contributed by atoms with van der Waals surface area (Å²) in [7, 11) is 0. The van der Waals surface area contributed by atoms with Gasteiger partial charge in [0.15, 0.2) is 0 Å². The zero-order valence-corrected chi connectivity index (χ0v) is 16.5. The number of nitro benzene ring substituents is 1. The molecule has 0 aromatic heterocycles. The maximum Gasteiger partial charge on any atom is 0.269 e. The van der Waals surface area contributed by atoms with Crippen LogP contribution in [-0.2, 0) is 4.79 Å². The van der Waals surface area contributed by atoms with Crippen LogP contribution in [0.3, 0.4) is 0 Å². The Bertz CT molecular complexity index is 896. The monoisotopic (exact) mass is 416 g/mol. The number of nitro groups is 1. The van der Waals surface area contributed by atoms with E-state index in [4.69, 9.17) is 11.6 Å². The number of rotatable bonds is 6. The third-order valence-electron chi connectivity index (χ3n) is 4.75. The minimum absolute atomic E-state index is 0.0202. The van der Waals surface area contributed by atoms with Crippen LogP contribution in [0.2, 0.25) is 5.02 Å². The zero-order chi connectivity index (χ0) is 20.8. The van der Waals surface area contributed by atoms with Crippen molar-refractivity contribution >= 4 is 34.8 Å². The van der Waals surface area contributed by atoms with Gasteiger partial charge in [-0.2, -0.15) is 0 Å². The first-order valence-corrected chi connectivity index (χ1v) is 9.61. The maximum absolute atomic E-state index is 12.5. The lowest BCUT2D eigenvalue weighted by molar-refractivity contribution is -0.384. The summed E-state index contributed by atoms with van der Waals surface area (Å²) in [4.78, 5) is 38.7. The molecule has 2 aromatic carbocycles. The van der Waals surface area contributed by atoms with Gasteiger partial charge in [0.25, 0.3) is 11.6 Å². The predicted octanol–water partition coefficient (Wildman–Crippen LogP) is 3.03. The summed E-state index contributed by atoms with van der Waals surface area (Å²) < 4.78 is 0. The Hall–Kier alpha value is -2.97. The lowest BCUT2D eigenvalue weighted by Gasteiger charge is -2.34. The second kappa shape index (κ2) is 9.49. The summed E-state index contributed by atoms with van der Waals surface area (Å²) in [6, 6.07) is 12.6. The maximum atomic E-state index is 12.5. The molecule has 152 valence electrons. The molecule has 2 aromatic rings. The van der Waals surface area contributed by atoms with Gasteiger partial charge in [0.05, 0.1) is 4.92 Å². The van der Waals surface area contributed by atoms with E-state index in [-0.39, 0.29) is 17.5 Å². The van der Waals surface area contributed by atoms with Crippen LogP contribution >= 0.6 is 11.6 Å². The molecule has 1 saturated heterocycles. The molecule has 8 nitrogen and oxygen atoms in total. The second-order valence-corrected chi connectivity index (χ2v) is 7.18. The van der Waals surface area contributed by atoms with Crippen molar-refractivity contribution in [3.8, 4) is 0 Å². The fourth-order valence-corrected chi connectivity index (χ4v) is 3.32. The van der Waals surface area contributed by atoms with Crippen molar-refractivity contribution in [1.29, 1.82) is 0 Å². The molecular weight excluding hydrogens is 396 g/mol. The fraction of sp³-hybridized carbons (Fsp3) is 0.300. The van der Waals surface area contributed by atoms with Crippen molar-refractivity contribution in [3.63, 3.8) is 0 Å². The summed E-state index contributed by atoms with van der Waals surface area (Å²) in [5.74, 6) is -0.195. The molecule has 0 atom stereocenters. The molecule has 3 rings (SSSR count). The molecule has 0 saturated carbocycles. The van der Waals surface area contributed by atoms with E-state index in [1.54, 1.807) is 29.2 Å². The molecular formula is C20H21ClN4O4. The van der Waals surface area contributed by atoms with Gasteiger partial charge in [-0.25, -0.2) is 0 Å². The quantitative estimate of drug-likeness (QED) is 0.576. The summed E-state index contributed by atoms with van der Waals surface area (Å²) in [5.41, 5.74) is 1.08. The normalized spacial score (nSPS) is 14.4. The summed E-state index contributed by atoms with van der Waals surface area (Å²) >= 11 is 5.95. The van der Waals surface area contributed by atoms with Crippen LogP contribution in [0.4, 0.5) is 11.4 Å². The standard InChI is InChI=1S/C20H21ClN4O4/c21-16-3-1-2-15(14-16)20(27)24-12-10-23(11-13-24)9-8-19(26)22-17-4-6-18(7-5-17)25(28)29/h1-7,14H,8-13H2,(H,22,26). The number of hydrogen-bond donors (Lipinski definition) is 1. The van der Waals surface area contributed by atoms with E-state index in [0.29, 0.717) is 55.4 Å². The highest BCUT2D eigenvalue weighted by Crippen LogP contribution is 2.16. The molecule has 0 unspecified atom stereocenters. The number of halogens is 1. The highest BCUT2D eigenvalue weighted by Gasteiger charge is 2.22. The minimum Gasteiger partial charge on any atom is -0.336 e. The van der Waals surface area contributed by atoms with Gasteiger partial charge >= 0.3 is 0 Å². The Balaban J connectivity index is 1.42. The lowest BCUT2D eigenvalue weighted by Crippen LogP contribution is -2.49. The van der Waals surface area contributed by atoms with E-state index in [0.717, 1.165) is 0 Å². The van der Waals surface area contributed by atoms with Crippen molar-refractivity contribution < 1.29 is 14.5 Å². The number of non-ortho nitro benzene ring substituents is 1. The van der Waals surface area contributed by atoms with Gasteiger partial charge in [-0.05, 0) is 30.3 Å². The Morgan fingerprint density at radius 2 is 1.76 bits per heavy atom. The molecule has 0 aliphatic carbocycles. The first-order chi connectivity index (χ1) is 13.9. The third kappa shape index (κ3) is 5.75. The average molecular weight is 417 g/mol. The number of nitrogens with one attached hydrogen (secondary N) is 1. The predicted molar refractivity (Wildman–Crippen MR) is 110 cm³/mol. The Morgan fingerprint density at radius 3 is 2.38 bits per heavy atom. The van der Waals surface area contributed by atoms with Crippen molar-refractivity contribution in [2.75, 3.05) is 38.0 Å². The molecule has 0 radical (unpaired) electrons. The molecule has 29 heavy (non-hydrogen) atoms. The molecule has 1 N–H and O–H groups in total. The van der Waals surface area contributed by atoms with Crippen LogP contribution in [0.15, 0.2) is 48.5 Å². The van der Waals surface area contributed by atoms with E-state index in [2.05, 4.69) is 10.2 Å². The fourth-order valence-electron chi connectivity index (χ4n) is 3.13. The van der Waals surface area contributed by atoms with Gasteiger partial charge in [-0.1, -0.05) is 17.7 Å². The average Bonchev–Trinajstić information content (AvgIpc) is 2.72. The molecule has 1 aliphatic heterocycles. The van der Waals surface area contributed by atoms with Gasteiger partial charge in [-0.3, -0.25) is 24.6 Å². The number of piperazine rings is 1. The number of nitrogens with zero attached hydrogens (tertiary/aromatic N) is 3. The number of hydrogen-bond acceptors (Lipinski definition) is 5. The van der Waals surface area contributed by atoms with Gasteiger partial charge in [0.2, 0.25) is 5.91 Å². The van der Waals surface area contributed by atoms with Crippen molar-refractivity contribution in [3.05, 3.63) is 69.2 Å². The number of amides is 2. The van der Waals surface area contributed by atoms with E-state index in [1.165, 1.54) is 24.3 Å². The van der Waals surface area contributed by atoms with Crippen LogP contribution in [0.1, 0.15) is 16.8 Å². The van der Waals surface area contributed by atoms with Gasteiger partial charge in [0.1, 0.15) is 0 Å². The first-order valence-electron chi connectivity index (χ1n) is 9.24. The number of carbonyl (C=O) groups is 2. The van der Waals surface area contributed by atoms with Crippen LogP contribution in [0, 0.1) is 10.1 Å². The molecule has 0 spiro atoms. The smallest absolute Gasteiger partial charge is 0.269 e. The highest BCUT2D eigenvalue weighted by atomic mass is 35.5. The van der Waals surface area contributed by atoms with Crippen LogP contribution in [0.25, 0.3) is 0 Å². The van der Waals surface area contributed by atoms with E-state index < -0.39 is 4.92 Å². The van der Waals surface area contributed by atoms with Crippen molar-refractivity contribution in [2.45, 2.75) is 6.42 Å². The zero-order valence-electron chi connectivity index (χ0n) is 15.7. The van der Waals surface area contributed by atoms with Crippen LogP contribution in [-0.4, -0.2) is 59.3 Å². The number of anilines is 1. The van der Waals surface area contributed by atoms with Crippen LogP contribution < -0.4 is 5.32 Å². The summed E-state index contributed by atoms with van der Waals surface area (Å²) in [5, 5.41) is 13.9. The number of carbonyl (C=O) groups excluding carboxylic acids is 2. The lowest BCUT2D eigenvalue weighted by atomic mass is 10.2. The van der Waals surface area contributed by atoms with Crippen molar-refractivity contribution in [2.24, 2.45) is 0 Å². The summed E-state index contributed by atoms with van der Waals surface area (Å²) in [6.45, 7) is 3.15. The van der Waals surface area contributed by atoms with Gasteiger partial charge in [-0.15, -0.1) is 0 Å². The molecule has 1 fully saturated rings. The summed E-state index contributed by atoms with van der Waals surface area (Å²) in [6.07, 6.45) is 0.305. The molecule has 2 amide bonds. The van der Waals surface area contributed by atoms with Gasteiger partial charge in [0, 0.05) is 67.6 Å². The topological polar surface area (TPSA) is 95.8 Å². The largest absolute Gasteiger partial charge is 0.336 e. The van der Waals surface area contributed by atoms with Crippen molar-refractivity contribution in [1.82, 2.24) is 9.80 Å². The third-order valence-corrected chi connectivity index (χ3v) is 4.98. The Kier molecular flexibility index (Phi) is 6.79. The Labute approximate surface area is 173 Å². The second-order valence-electron chi connectivity index (χ2n) is 6.75. The molecule has 1 aliphatic rings.